The van der Waals surface area contributed by atoms with Gasteiger partial charge in [-0.05, 0) is 36.1 Å². The summed E-state index contributed by atoms with van der Waals surface area (Å²) in [6.07, 6.45) is 0. The third-order valence-electron chi connectivity index (χ3n) is 3.23. The number of hydrogen-bond donors (Lipinski definition) is 1. The lowest BCUT2D eigenvalue weighted by Gasteiger charge is -2.06. The molecule has 0 aliphatic heterocycles. The third kappa shape index (κ3) is 3.67. The molecule has 3 rings (SSSR count). The molecule has 0 saturated heterocycles. The fourth-order valence-electron chi connectivity index (χ4n) is 2.21. The van der Waals surface area contributed by atoms with Crippen LogP contribution in [0, 0.1) is 6.92 Å². The van der Waals surface area contributed by atoms with Crippen molar-refractivity contribution in [1.82, 2.24) is 4.98 Å². The van der Waals surface area contributed by atoms with Gasteiger partial charge in [-0.25, -0.2) is 4.98 Å². The Hall–Kier alpha value is -2.02. The number of amides is 1. The zero-order valence-corrected chi connectivity index (χ0v) is 14.5. The van der Waals surface area contributed by atoms with E-state index in [0.717, 1.165) is 26.8 Å². The van der Waals surface area contributed by atoms with Gasteiger partial charge in [-0.1, -0.05) is 18.2 Å². The maximum absolute atomic E-state index is 12.5. The van der Waals surface area contributed by atoms with E-state index in [1.807, 2.05) is 48.7 Å². The third-order valence-corrected chi connectivity index (χ3v) is 5.43. The summed E-state index contributed by atoms with van der Waals surface area (Å²) < 4.78 is 5.12. The number of nitrogens with zero attached hydrogens (tertiary/aromatic N) is 1. The van der Waals surface area contributed by atoms with Crippen molar-refractivity contribution in [2.45, 2.75) is 13.5 Å². The van der Waals surface area contributed by atoms with Crippen LogP contribution in [0.4, 0.5) is 5.69 Å². The quantitative estimate of drug-likeness (QED) is 0.737. The molecule has 0 saturated carbocycles. The Bertz CT molecular complexity index is 810. The monoisotopic (exact) mass is 344 g/mol. The molecule has 2 aromatic heterocycles. The molecule has 0 fully saturated rings. The predicted molar refractivity (Wildman–Crippen MR) is 95.3 cm³/mol. The fourth-order valence-corrected chi connectivity index (χ4v) is 3.96. The van der Waals surface area contributed by atoms with Crippen LogP contribution in [-0.4, -0.2) is 18.0 Å². The van der Waals surface area contributed by atoms with Crippen LogP contribution in [-0.2, 0) is 11.3 Å². The first-order chi connectivity index (χ1) is 11.2. The number of aryl methyl sites for hydroxylation is 1. The van der Waals surface area contributed by atoms with Crippen LogP contribution in [0.2, 0.25) is 0 Å². The number of benzene rings is 1. The summed E-state index contributed by atoms with van der Waals surface area (Å²) in [4.78, 5) is 18.8. The number of carbonyl (C=O) groups is 1. The minimum atomic E-state index is -0.127. The molecule has 0 aliphatic rings. The first kappa shape index (κ1) is 15.9. The van der Waals surface area contributed by atoms with Crippen molar-refractivity contribution in [2.24, 2.45) is 0 Å². The van der Waals surface area contributed by atoms with E-state index in [9.17, 15) is 4.79 Å². The molecule has 118 valence electrons. The predicted octanol–water partition coefficient (Wildman–Crippen LogP) is 4.58. The van der Waals surface area contributed by atoms with Gasteiger partial charge in [-0.2, -0.15) is 0 Å². The summed E-state index contributed by atoms with van der Waals surface area (Å²) >= 11 is 3.05. The van der Waals surface area contributed by atoms with E-state index in [2.05, 4.69) is 10.3 Å². The van der Waals surface area contributed by atoms with Gasteiger partial charge in [0.2, 0.25) is 0 Å². The molecule has 0 unspecified atom stereocenters. The van der Waals surface area contributed by atoms with E-state index in [0.29, 0.717) is 11.5 Å². The number of thiophene rings is 1. The zero-order valence-electron chi connectivity index (χ0n) is 12.8. The highest BCUT2D eigenvalue weighted by Gasteiger charge is 2.17. The second-order valence-electron chi connectivity index (χ2n) is 5.00. The van der Waals surface area contributed by atoms with E-state index in [1.165, 1.54) is 11.3 Å². The van der Waals surface area contributed by atoms with Crippen molar-refractivity contribution in [3.63, 3.8) is 0 Å². The second-order valence-corrected chi connectivity index (χ2v) is 6.95. The van der Waals surface area contributed by atoms with Crippen LogP contribution in [0.25, 0.3) is 9.88 Å². The van der Waals surface area contributed by atoms with E-state index >= 15 is 0 Å². The highest BCUT2D eigenvalue weighted by atomic mass is 32.1. The second kappa shape index (κ2) is 7.04. The summed E-state index contributed by atoms with van der Waals surface area (Å²) in [5.74, 6) is -0.127. The molecule has 23 heavy (non-hydrogen) atoms. The zero-order chi connectivity index (χ0) is 16.2. The number of thiazole rings is 1. The van der Waals surface area contributed by atoms with E-state index in [-0.39, 0.29) is 5.91 Å². The van der Waals surface area contributed by atoms with Crippen molar-refractivity contribution >= 4 is 34.3 Å². The Morgan fingerprint density at radius 1 is 1.30 bits per heavy atom. The van der Waals surface area contributed by atoms with Gasteiger partial charge in [0, 0.05) is 12.8 Å². The lowest BCUT2D eigenvalue weighted by molar-refractivity contribution is 0.103. The molecule has 4 nitrogen and oxygen atoms in total. The number of hydrogen-bond acceptors (Lipinski definition) is 5. The van der Waals surface area contributed by atoms with Crippen LogP contribution >= 0.6 is 22.7 Å². The van der Waals surface area contributed by atoms with Crippen LogP contribution in [0.3, 0.4) is 0 Å². The number of ether oxygens (including phenoxy) is 1. The van der Waals surface area contributed by atoms with Gasteiger partial charge in [0.15, 0.2) is 0 Å². The highest BCUT2D eigenvalue weighted by Crippen LogP contribution is 2.31. The van der Waals surface area contributed by atoms with E-state index in [4.69, 9.17) is 4.74 Å². The van der Waals surface area contributed by atoms with E-state index < -0.39 is 0 Å². The van der Waals surface area contributed by atoms with Crippen molar-refractivity contribution in [3.8, 4) is 9.88 Å². The minimum Gasteiger partial charge on any atom is -0.380 e. The molecule has 2 heterocycles. The number of rotatable bonds is 5. The Morgan fingerprint density at radius 2 is 2.17 bits per heavy atom. The summed E-state index contributed by atoms with van der Waals surface area (Å²) in [5.41, 5.74) is 2.53. The molecule has 6 heteroatoms. The van der Waals surface area contributed by atoms with Gasteiger partial charge in [0.05, 0.1) is 17.2 Å². The van der Waals surface area contributed by atoms with Crippen LogP contribution in [0.1, 0.15) is 20.9 Å². The van der Waals surface area contributed by atoms with Gasteiger partial charge in [-0.3, -0.25) is 4.79 Å². The number of aromatic nitrogens is 1. The van der Waals surface area contributed by atoms with Gasteiger partial charge in [-0.15, -0.1) is 22.7 Å². The molecule has 1 aromatic carbocycles. The smallest absolute Gasteiger partial charge is 0.267 e. The summed E-state index contributed by atoms with van der Waals surface area (Å²) in [6.45, 7) is 2.38. The first-order valence-corrected chi connectivity index (χ1v) is 8.77. The number of methoxy groups -OCH3 is 1. The fraction of sp³-hybridized carbons (Fsp3) is 0.176. The van der Waals surface area contributed by atoms with Gasteiger partial charge in [0.1, 0.15) is 9.88 Å². The summed E-state index contributed by atoms with van der Waals surface area (Å²) in [7, 11) is 1.65. The molecular weight excluding hydrogens is 328 g/mol. The number of anilines is 1. The minimum absolute atomic E-state index is 0.127. The van der Waals surface area contributed by atoms with Crippen LogP contribution < -0.4 is 5.32 Å². The molecule has 1 N–H and O–H groups in total. The SMILES string of the molecule is COCc1cccc(NC(=O)c2sc(-c3cccs3)nc2C)c1. The Balaban J connectivity index is 1.80. The molecule has 0 radical (unpaired) electrons. The highest BCUT2D eigenvalue weighted by molar-refractivity contribution is 7.22. The summed E-state index contributed by atoms with van der Waals surface area (Å²) in [6, 6.07) is 11.6. The van der Waals surface area contributed by atoms with Crippen LogP contribution in [0.15, 0.2) is 41.8 Å². The van der Waals surface area contributed by atoms with Crippen molar-refractivity contribution in [3.05, 3.63) is 57.9 Å². The number of carbonyl (C=O) groups excluding carboxylic acids is 1. The average Bonchev–Trinajstić information content (AvgIpc) is 3.17. The lowest BCUT2D eigenvalue weighted by Crippen LogP contribution is -2.11. The molecule has 0 bridgehead atoms. The molecule has 0 atom stereocenters. The van der Waals surface area contributed by atoms with Gasteiger partial charge < -0.3 is 10.1 Å². The Labute approximate surface area is 142 Å². The van der Waals surface area contributed by atoms with E-state index in [1.54, 1.807) is 18.4 Å². The normalized spacial score (nSPS) is 10.7. The maximum atomic E-state index is 12.5. The first-order valence-electron chi connectivity index (χ1n) is 7.08. The van der Waals surface area contributed by atoms with Crippen molar-refractivity contribution in [2.75, 3.05) is 12.4 Å². The van der Waals surface area contributed by atoms with Gasteiger partial charge >= 0.3 is 0 Å². The topological polar surface area (TPSA) is 51.2 Å². The average molecular weight is 344 g/mol. The number of nitrogens with one attached hydrogen (secondary N) is 1. The molecule has 1 amide bonds. The molecule has 3 aromatic rings. The van der Waals surface area contributed by atoms with Crippen molar-refractivity contribution < 1.29 is 9.53 Å². The van der Waals surface area contributed by atoms with Crippen molar-refractivity contribution in [1.29, 1.82) is 0 Å². The Morgan fingerprint density at radius 3 is 2.91 bits per heavy atom. The summed E-state index contributed by atoms with van der Waals surface area (Å²) in [5, 5.41) is 5.83. The molecule has 0 spiro atoms. The standard InChI is InChI=1S/C17H16N2O2S2/c1-11-15(23-17(18-11)14-7-4-8-22-14)16(20)19-13-6-3-5-12(9-13)10-21-2/h3-9H,10H2,1-2H3,(H,19,20). The largest absolute Gasteiger partial charge is 0.380 e. The van der Waals surface area contributed by atoms with Gasteiger partial charge in [0.25, 0.3) is 5.91 Å². The Kier molecular flexibility index (Phi) is 4.85. The molecule has 0 aliphatic carbocycles. The lowest BCUT2D eigenvalue weighted by atomic mass is 10.2. The van der Waals surface area contributed by atoms with Crippen LogP contribution in [0.5, 0.6) is 0 Å². The maximum Gasteiger partial charge on any atom is 0.267 e. The molecular formula is C17H16N2O2S2.